The minimum absolute atomic E-state index is 0.0362. The van der Waals surface area contributed by atoms with Gasteiger partial charge >= 0.3 is 0 Å². The van der Waals surface area contributed by atoms with Gasteiger partial charge in [-0.15, -0.1) is 0 Å². The van der Waals surface area contributed by atoms with Gasteiger partial charge in [-0.25, -0.2) is 16.8 Å². The van der Waals surface area contributed by atoms with Crippen molar-refractivity contribution in [1.82, 2.24) is 0 Å². The summed E-state index contributed by atoms with van der Waals surface area (Å²) in [5.74, 6) is 0.383. The molecule has 0 saturated carbocycles. The van der Waals surface area contributed by atoms with Gasteiger partial charge in [0, 0.05) is 12.7 Å². The van der Waals surface area contributed by atoms with Crippen molar-refractivity contribution in [3.63, 3.8) is 0 Å². The van der Waals surface area contributed by atoms with Gasteiger partial charge in [0.2, 0.25) is 0 Å². The Balaban J connectivity index is 1.91. The average molecular weight is 519 g/mol. The Hall–Kier alpha value is -3.08. The molecule has 3 aromatic rings. The van der Waals surface area contributed by atoms with E-state index in [-0.39, 0.29) is 27.8 Å². The molecular formula is C25H30N2O6S2. The molecule has 188 valence electrons. The molecule has 3 aromatic carbocycles. The van der Waals surface area contributed by atoms with Gasteiger partial charge < -0.3 is 9.84 Å². The van der Waals surface area contributed by atoms with E-state index in [9.17, 15) is 16.8 Å². The van der Waals surface area contributed by atoms with Gasteiger partial charge in [0.15, 0.2) is 0 Å². The molecule has 0 aliphatic heterocycles. The van der Waals surface area contributed by atoms with Gasteiger partial charge in [0.05, 0.1) is 27.8 Å². The topological polar surface area (TPSA) is 122 Å². The van der Waals surface area contributed by atoms with E-state index in [0.29, 0.717) is 25.2 Å². The van der Waals surface area contributed by atoms with Gasteiger partial charge in [-0.3, -0.25) is 9.44 Å². The molecule has 0 heterocycles. The van der Waals surface area contributed by atoms with Crippen molar-refractivity contribution < 1.29 is 26.7 Å². The first-order valence-electron chi connectivity index (χ1n) is 11.2. The zero-order chi connectivity index (χ0) is 25.5. The molecule has 0 radical (unpaired) electrons. The predicted octanol–water partition coefficient (Wildman–Crippen LogP) is 4.45. The van der Waals surface area contributed by atoms with Crippen LogP contribution in [0.25, 0.3) is 0 Å². The second-order valence-electron chi connectivity index (χ2n) is 8.18. The van der Waals surface area contributed by atoms with Crippen molar-refractivity contribution in [1.29, 1.82) is 0 Å². The van der Waals surface area contributed by atoms with Crippen LogP contribution in [0.2, 0.25) is 0 Å². The van der Waals surface area contributed by atoms with Crippen molar-refractivity contribution in [2.75, 3.05) is 22.7 Å². The molecule has 0 unspecified atom stereocenters. The maximum atomic E-state index is 13.0. The van der Waals surface area contributed by atoms with E-state index in [1.54, 1.807) is 30.3 Å². The third-order valence-corrected chi connectivity index (χ3v) is 7.98. The van der Waals surface area contributed by atoms with Gasteiger partial charge in [0.1, 0.15) is 5.75 Å². The standard InChI is InChI=1S/C25H30N2O6S2/c1-19-6-11-22(12-7-19)34(29,30)26-24-15-10-21(33-17-5-3-4-16-28)18-25(24)27-35(31,32)23-13-8-20(2)9-14-23/h6-15,18,26-28H,3-5,16-17H2,1-2H3. The van der Waals surface area contributed by atoms with Crippen molar-refractivity contribution in [3.8, 4) is 5.75 Å². The molecular weight excluding hydrogens is 488 g/mol. The Bertz CT molecular complexity index is 1340. The van der Waals surface area contributed by atoms with Crippen molar-refractivity contribution >= 4 is 31.4 Å². The monoisotopic (exact) mass is 518 g/mol. The highest BCUT2D eigenvalue weighted by molar-refractivity contribution is 7.93. The lowest BCUT2D eigenvalue weighted by molar-refractivity contribution is 0.266. The van der Waals surface area contributed by atoms with Crippen LogP contribution in [-0.4, -0.2) is 35.2 Å². The lowest BCUT2D eigenvalue weighted by Gasteiger charge is -2.17. The van der Waals surface area contributed by atoms with Crippen LogP contribution in [-0.2, 0) is 20.0 Å². The lowest BCUT2D eigenvalue weighted by Crippen LogP contribution is -2.18. The molecule has 0 atom stereocenters. The van der Waals surface area contributed by atoms with Crippen LogP contribution in [0.1, 0.15) is 30.4 Å². The van der Waals surface area contributed by atoms with E-state index in [1.165, 1.54) is 36.4 Å². The maximum Gasteiger partial charge on any atom is 0.261 e. The lowest BCUT2D eigenvalue weighted by atomic mass is 10.2. The first-order valence-corrected chi connectivity index (χ1v) is 14.1. The van der Waals surface area contributed by atoms with Crippen molar-refractivity contribution in [2.24, 2.45) is 0 Å². The minimum Gasteiger partial charge on any atom is -0.494 e. The normalized spacial score (nSPS) is 11.7. The van der Waals surface area contributed by atoms with E-state index >= 15 is 0 Å². The largest absolute Gasteiger partial charge is 0.494 e. The molecule has 0 aliphatic rings. The van der Waals surface area contributed by atoms with Crippen LogP contribution < -0.4 is 14.2 Å². The molecule has 0 spiro atoms. The minimum atomic E-state index is -4.00. The quantitative estimate of drug-likeness (QED) is 0.305. The highest BCUT2D eigenvalue weighted by Crippen LogP contribution is 2.31. The number of ether oxygens (including phenoxy) is 1. The first-order chi connectivity index (χ1) is 16.6. The molecule has 8 nitrogen and oxygen atoms in total. The van der Waals surface area contributed by atoms with Gasteiger partial charge in [0.25, 0.3) is 20.0 Å². The van der Waals surface area contributed by atoms with Crippen LogP contribution >= 0.6 is 0 Å². The Morgan fingerprint density at radius 3 is 1.71 bits per heavy atom. The van der Waals surface area contributed by atoms with Crippen molar-refractivity contribution in [3.05, 3.63) is 77.9 Å². The number of rotatable bonds is 12. The van der Waals surface area contributed by atoms with E-state index in [0.717, 1.165) is 17.5 Å². The van der Waals surface area contributed by atoms with Gasteiger partial charge in [-0.1, -0.05) is 35.4 Å². The van der Waals surface area contributed by atoms with E-state index in [1.807, 2.05) is 13.8 Å². The Morgan fingerprint density at radius 1 is 0.686 bits per heavy atom. The predicted molar refractivity (Wildman–Crippen MR) is 137 cm³/mol. The van der Waals surface area contributed by atoms with E-state index < -0.39 is 20.0 Å². The number of nitrogens with one attached hydrogen (secondary N) is 2. The van der Waals surface area contributed by atoms with E-state index in [2.05, 4.69) is 9.44 Å². The first kappa shape index (κ1) is 26.5. The maximum absolute atomic E-state index is 13.0. The average Bonchev–Trinajstić information content (AvgIpc) is 2.81. The number of aryl methyl sites for hydroxylation is 2. The van der Waals surface area contributed by atoms with Crippen LogP contribution in [0, 0.1) is 13.8 Å². The molecule has 0 aromatic heterocycles. The molecule has 3 rings (SSSR count). The number of unbranched alkanes of at least 4 members (excludes halogenated alkanes) is 2. The van der Waals surface area contributed by atoms with Gasteiger partial charge in [-0.2, -0.15) is 0 Å². The third-order valence-electron chi connectivity index (χ3n) is 5.21. The van der Waals surface area contributed by atoms with E-state index in [4.69, 9.17) is 9.84 Å². The van der Waals surface area contributed by atoms with Crippen LogP contribution in [0.4, 0.5) is 11.4 Å². The molecule has 0 aliphatic carbocycles. The number of aliphatic hydroxyl groups is 1. The zero-order valence-corrected chi connectivity index (χ0v) is 21.3. The van der Waals surface area contributed by atoms with Gasteiger partial charge in [-0.05, 0) is 69.5 Å². The molecule has 0 bridgehead atoms. The van der Waals surface area contributed by atoms with Crippen LogP contribution in [0.3, 0.4) is 0 Å². The Morgan fingerprint density at radius 2 is 1.20 bits per heavy atom. The second kappa shape index (κ2) is 11.6. The summed E-state index contributed by atoms with van der Waals surface area (Å²) in [5.41, 5.74) is 1.92. The summed E-state index contributed by atoms with van der Waals surface area (Å²) in [6.07, 6.45) is 2.18. The molecule has 0 amide bonds. The number of benzene rings is 3. The highest BCUT2D eigenvalue weighted by Gasteiger charge is 2.20. The molecule has 3 N–H and O–H groups in total. The molecule has 0 saturated heterocycles. The van der Waals surface area contributed by atoms with Crippen LogP contribution in [0.5, 0.6) is 5.75 Å². The summed E-state index contributed by atoms with van der Waals surface area (Å²) >= 11 is 0. The number of sulfonamides is 2. The Kier molecular flexibility index (Phi) is 8.76. The second-order valence-corrected chi connectivity index (χ2v) is 11.5. The number of anilines is 2. The fourth-order valence-electron chi connectivity index (χ4n) is 3.21. The fraction of sp³-hybridized carbons (Fsp3) is 0.280. The summed E-state index contributed by atoms with van der Waals surface area (Å²) in [4.78, 5) is 0.102. The zero-order valence-electron chi connectivity index (χ0n) is 19.7. The SMILES string of the molecule is Cc1ccc(S(=O)(=O)Nc2ccc(OCCCCCO)cc2NS(=O)(=O)c2ccc(C)cc2)cc1. The summed E-state index contributed by atoms with van der Waals surface area (Å²) in [7, 11) is -7.96. The highest BCUT2D eigenvalue weighted by atomic mass is 32.2. The number of aliphatic hydroxyl groups excluding tert-OH is 1. The third kappa shape index (κ3) is 7.45. The Labute approximate surface area is 207 Å². The number of hydrogen-bond acceptors (Lipinski definition) is 6. The smallest absolute Gasteiger partial charge is 0.261 e. The summed E-state index contributed by atoms with van der Waals surface area (Å²) < 4.78 is 62.7. The summed E-state index contributed by atoms with van der Waals surface area (Å²) in [6.45, 7) is 4.19. The molecule has 10 heteroatoms. The number of hydrogen-bond donors (Lipinski definition) is 3. The molecule has 35 heavy (non-hydrogen) atoms. The molecule has 0 fully saturated rings. The van der Waals surface area contributed by atoms with Crippen LogP contribution in [0.15, 0.2) is 76.5 Å². The van der Waals surface area contributed by atoms with Crippen molar-refractivity contribution in [2.45, 2.75) is 42.9 Å². The summed E-state index contributed by atoms with van der Waals surface area (Å²) in [6, 6.07) is 17.1. The summed E-state index contributed by atoms with van der Waals surface area (Å²) in [5, 5.41) is 8.89. The fourth-order valence-corrected chi connectivity index (χ4v) is 5.36.